The van der Waals surface area contributed by atoms with Gasteiger partial charge >= 0.3 is 0 Å². The van der Waals surface area contributed by atoms with Gasteiger partial charge < -0.3 is 11.1 Å². The fourth-order valence-corrected chi connectivity index (χ4v) is 4.66. The smallest absolute Gasteiger partial charge is 0.263 e. The number of nitrogens with one attached hydrogen (secondary N) is 1. The molecule has 1 aliphatic rings. The number of pyridine rings is 1. The molecule has 1 aromatic carbocycles. The number of carbonyl (C=O) groups excluding carboxylic acids is 1. The number of nitrogens with zero attached hydrogens (tertiary/aromatic N) is 1. The lowest BCUT2D eigenvalue weighted by atomic mass is 9.85. The highest BCUT2D eigenvalue weighted by atomic mass is 32.1. The molecule has 27 heavy (non-hydrogen) atoms. The molecule has 140 valence electrons. The molecule has 0 fully saturated rings. The summed E-state index contributed by atoms with van der Waals surface area (Å²) in [7, 11) is 0. The van der Waals surface area contributed by atoms with Gasteiger partial charge in [0.2, 0.25) is 0 Å². The van der Waals surface area contributed by atoms with E-state index in [4.69, 9.17) is 10.7 Å². The number of carbonyl (C=O) groups is 1. The minimum atomic E-state index is -0.292. The summed E-state index contributed by atoms with van der Waals surface area (Å²) in [5.74, 6) is 0.193. The average molecular weight is 383 g/mol. The standard InChI is InChI=1S/C21H22FN3OS/c1-2-12-5-8-17-14(9-12)10-16-18(23)19(27-21(16)25-17)20(26)24-11-13-3-6-15(22)7-4-13/h3-4,6-7,10,12H,2,5,8-9,11,23H2,1H3,(H,24,26). The Morgan fingerprint density at radius 1 is 1.37 bits per heavy atom. The van der Waals surface area contributed by atoms with Crippen molar-refractivity contribution in [2.24, 2.45) is 5.92 Å². The van der Waals surface area contributed by atoms with Crippen molar-refractivity contribution in [2.45, 2.75) is 39.2 Å². The molecule has 4 nitrogen and oxygen atoms in total. The molecule has 1 amide bonds. The highest BCUT2D eigenvalue weighted by Crippen LogP contribution is 2.36. The summed E-state index contributed by atoms with van der Waals surface area (Å²) in [6.07, 6.45) is 4.38. The van der Waals surface area contributed by atoms with Gasteiger partial charge in [0.25, 0.3) is 5.91 Å². The third-order valence-corrected chi connectivity index (χ3v) is 6.45. The van der Waals surface area contributed by atoms with Crippen molar-refractivity contribution in [3.8, 4) is 0 Å². The van der Waals surface area contributed by atoms with E-state index in [0.717, 1.165) is 34.3 Å². The normalized spacial score (nSPS) is 16.3. The summed E-state index contributed by atoms with van der Waals surface area (Å²) in [4.78, 5) is 18.7. The Kier molecular flexibility index (Phi) is 4.83. The molecule has 1 unspecified atom stereocenters. The fraction of sp³-hybridized carbons (Fsp3) is 0.333. The van der Waals surface area contributed by atoms with Crippen LogP contribution in [0.15, 0.2) is 30.3 Å². The molecule has 0 spiro atoms. The van der Waals surface area contributed by atoms with Crippen molar-refractivity contribution in [1.82, 2.24) is 10.3 Å². The molecule has 6 heteroatoms. The molecule has 0 saturated heterocycles. The van der Waals surface area contributed by atoms with Crippen LogP contribution in [0.5, 0.6) is 0 Å². The number of rotatable bonds is 4. The molecular weight excluding hydrogens is 361 g/mol. The zero-order valence-corrected chi connectivity index (χ0v) is 16.0. The molecule has 0 bridgehead atoms. The minimum Gasteiger partial charge on any atom is -0.397 e. The van der Waals surface area contributed by atoms with E-state index in [-0.39, 0.29) is 11.7 Å². The largest absolute Gasteiger partial charge is 0.397 e. The van der Waals surface area contributed by atoms with Crippen LogP contribution in [0, 0.1) is 11.7 Å². The third kappa shape index (κ3) is 3.54. The fourth-order valence-electron chi connectivity index (χ4n) is 3.65. The van der Waals surface area contributed by atoms with Crippen LogP contribution in [0.2, 0.25) is 0 Å². The molecule has 1 atom stereocenters. The second kappa shape index (κ2) is 7.27. The van der Waals surface area contributed by atoms with Gasteiger partial charge in [0, 0.05) is 17.6 Å². The Morgan fingerprint density at radius 3 is 2.89 bits per heavy atom. The quantitative estimate of drug-likeness (QED) is 0.699. The first-order valence-electron chi connectivity index (χ1n) is 9.28. The van der Waals surface area contributed by atoms with Gasteiger partial charge in [0.1, 0.15) is 15.5 Å². The number of amides is 1. The second-order valence-corrected chi connectivity index (χ2v) is 8.12. The lowest BCUT2D eigenvalue weighted by Gasteiger charge is -2.22. The zero-order chi connectivity index (χ0) is 19.0. The van der Waals surface area contributed by atoms with Crippen molar-refractivity contribution in [2.75, 3.05) is 5.73 Å². The van der Waals surface area contributed by atoms with Crippen LogP contribution in [0.4, 0.5) is 10.1 Å². The maximum absolute atomic E-state index is 13.0. The zero-order valence-electron chi connectivity index (χ0n) is 15.2. The Hall–Kier alpha value is -2.47. The molecule has 2 heterocycles. The van der Waals surface area contributed by atoms with E-state index in [1.165, 1.54) is 41.9 Å². The molecule has 3 aromatic rings. The van der Waals surface area contributed by atoms with E-state index in [1.54, 1.807) is 12.1 Å². The van der Waals surface area contributed by atoms with Gasteiger partial charge in [-0.2, -0.15) is 0 Å². The van der Waals surface area contributed by atoms with Crippen LogP contribution in [0.1, 0.15) is 46.3 Å². The highest BCUT2D eigenvalue weighted by molar-refractivity contribution is 7.21. The van der Waals surface area contributed by atoms with Gasteiger partial charge in [-0.05, 0) is 54.5 Å². The summed E-state index contributed by atoms with van der Waals surface area (Å²) in [6, 6.07) is 8.20. The molecule has 3 N–H and O–H groups in total. The first-order chi connectivity index (χ1) is 13.0. The van der Waals surface area contributed by atoms with Crippen molar-refractivity contribution in [1.29, 1.82) is 0 Å². The van der Waals surface area contributed by atoms with Crippen molar-refractivity contribution in [3.05, 3.63) is 57.8 Å². The molecule has 2 aromatic heterocycles. The number of nitrogen functional groups attached to an aromatic ring is 1. The third-order valence-electron chi connectivity index (χ3n) is 5.34. The molecule has 0 radical (unpaired) electrons. The number of fused-ring (bicyclic) bond motifs is 2. The van der Waals surface area contributed by atoms with E-state index in [0.29, 0.717) is 23.0 Å². The number of aryl methyl sites for hydroxylation is 1. The number of hydrogen-bond donors (Lipinski definition) is 2. The van der Waals surface area contributed by atoms with Crippen LogP contribution >= 0.6 is 11.3 Å². The lowest BCUT2D eigenvalue weighted by Crippen LogP contribution is -2.22. The van der Waals surface area contributed by atoms with Gasteiger partial charge in [-0.25, -0.2) is 9.37 Å². The van der Waals surface area contributed by atoms with E-state index >= 15 is 0 Å². The van der Waals surface area contributed by atoms with Gasteiger partial charge in [-0.1, -0.05) is 25.5 Å². The summed E-state index contributed by atoms with van der Waals surface area (Å²) >= 11 is 1.34. The maximum atomic E-state index is 13.0. The number of thiophene rings is 1. The van der Waals surface area contributed by atoms with E-state index < -0.39 is 0 Å². The first kappa shape index (κ1) is 17.9. The molecule has 0 aliphatic heterocycles. The van der Waals surface area contributed by atoms with Crippen LogP contribution < -0.4 is 11.1 Å². The predicted molar refractivity (Wildman–Crippen MR) is 107 cm³/mol. The molecule has 4 rings (SSSR count). The maximum Gasteiger partial charge on any atom is 0.263 e. The van der Waals surface area contributed by atoms with E-state index in [9.17, 15) is 9.18 Å². The van der Waals surface area contributed by atoms with Crippen LogP contribution in [0.25, 0.3) is 10.2 Å². The predicted octanol–water partition coefficient (Wildman–Crippen LogP) is 4.46. The Bertz CT molecular complexity index is 997. The SMILES string of the molecule is CCC1CCc2nc3sc(C(=O)NCc4ccc(F)cc4)c(N)c3cc2C1. The number of anilines is 1. The second-order valence-electron chi connectivity index (χ2n) is 7.12. The molecule has 0 saturated carbocycles. The number of aromatic nitrogens is 1. The highest BCUT2D eigenvalue weighted by Gasteiger charge is 2.23. The Morgan fingerprint density at radius 2 is 2.15 bits per heavy atom. The molecule has 1 aliphatic carbocycles. The first-order valence-corrected chi connectivity index (χ1v) is 10.1. The monoisotopic (exact) mass is 383 g/mol. The number of benzene rings is 1. The van der Waals surface area contributed by atoms with Crippen LogP contribution in [-0.2, 0) is 19.4 Å². The Balaban J connectivity index is 1.57. The van der Waals surface area contributed by atoms with E-state index in [1.807, 2.05) is 0 Å². The van der Waals surface area contributed by atoms with Gasteiger partial charge in [0.05, 0.1) is 5.69 Å². The van der Waals surface area contributed by atoms with Gasteiger partial charge in [-0.15, -0.1) is 11.3 Å². The van der Waals surface area contributed by atoms with Crippen LogP contribution in [0.3, 0.4) is 0 Å². The minimum absolute atomic E-state index is 0.218. The van der Waals surface area contributed by atoms with Gasteiger partial charge in [0.15, 0.2) is 0 Å². The number of nitrogens with two attached hydrogens (primary N) is 1. The lowest BCUT2D eigenvalue weighted by molar-refractivity contribution is 0.0956. The van der Waals surface area contributed by atoms with Crippen molar-refractivity contribution in [3.63, 3.8) is 0 Å². The summed E-state index contributed by atoms with van der Waals surface area (Å²) < 4.78 is 13.0. The van der Waals surface area contributed by atoms with Crippen molar-refractivity contribution >= 4 is 33.1 Å². The average Bonchev–Trinajstić information content (AvgIpc) is 3.01. The topological polar surface area (TPSA) is 68.0 Å². The number of halogens is 1. The summed E-state index contributed by atoms with van der Waals surface area (Å²) in [5, 5.41) is 3.74. The molecular formula is C21H22FN3OS. The van der Waals surface area contributed by atoms with E-state index in [2.05, 4.69) is 18.3 Å². The summed E-state index contributed by atoms with van der Waals surface area (Å²) in [6.45, 7) is 2.55. The Labute approximate surface area is 161 Å². The van der Waals surface area contributed by atoms with Crippen LogP contribution in [-0.4, -0.2) is 10.9 Å². The van der Waals surface area contributed by atoms with Gasteiger partial charge in [-0.3, -0.25) is 4.79 Å². The number of hydrogen-bond acceptors (Lipinski definition) is 4. The summed E-state index contributed by atoms with van der Waals surface area (Å²) in [5.41, 5.74) is 10.0. The van der Waals surface area contributed by atoms with Crippen molar-refractivity contribution < 1.29 is 9.18 Å².